The summed E-state index contributed by atoms with van der Waals surface area (Å²) in [6.07, 6.45) is 1.19. The fourth-order valence-corrected chi connectivity index (χ4v) is 2.94. The molecular weight excluding hydrogens is 196 g/mol. The summed E-state index contributed by atoms with van der Waals surface area (Å²) in [4.78, 5) is 0. The van der Waals surface area contributed by atoms with Crippen molar-refractivity contribution in [1.82, 2.24) is 0 Å². The quantitative estimate of drug-likeness (QED) is 0.685. The van der Waals surface area contributed by atoms with Crippen molar-refractivity contribution in [3.63, 3.8) is 0 Å². The van der Waals surface area contributed by atoms with E-state index in [-0.39, 0.29) is 0 Å². The molecule has 1 heterocycles. The van der Waals surface area contributed by atoms with Gasteiger partial charge in [-0.3, -0.25) is 0 Å². The molecule has 0 saturated heterocycles. The summed E-state index contributed by atoms with van der Waals surface area (Å²) >= 11 is 0. The molecule has 1 heteroatoms. The Bertz CT molecular complexity index is 362. The van der Waals surface area contributed by atoms with Crippen LogP contribution in [0.4, 0.5) is 0 Å². The number of rotatable bonds is 1. The zero-order valence-corrected chi connectivity index (χ0v) is 10.8. The topological polar surface area (TPSA) is 9.23 Å². The molecule has 1 aromatic carbocycles. The molecule has 1 nitrogen and oxygen atoms in total. The summed E-state index contributed by atoms with van der Waals surface area (Å²) in [5, 5.41) is 0. The first-order chi connectivity index (χ1) is 7.54. The van der Waals surface area contributed by atoms with E-state index in [0.29, 0.717) is 17.3 Å². The number of hydrogen-bond donors (Lipinski definition) is 0. The van der Waals surface area contributed by atoms with Gasteiger partial charge in [0, 0.05) is 5.92 Å². The van der Waals surface area contributed by atoms with Gasteiger partial charge in [-0.05, 0) is 29.4 Å². The van der Waals surface area contributed by atoms with E-state index in [1.54, 1.807) is 0 Å². The van der Waals surface area contributed by atoms with Crippen LogP contribution in [0.25, 0.3) is 0 Å². The average molecular weight is 218 g/mol. The lowest BCUT2D eigenvalue weighted by atomic mass is 9.68. The summed E-state index contributed by atoms with van der Waals surface area (Å²) < 4.78 is 5.85. The first kappa shape index (κ1) is 11.5. The van der Waals surface area contributed by atoms with E-state index in [1.807, 2.05) is 0 Å². The average Bonchev–Trinajstić information content (AvgIpc) is 2.26. The highest BCUT2D eigenvalue weighted by atomic mass is 16.5. The molecule has 2 rings (SSSR count). The highest BCUT2D eigenvalue weighted by molar-refractivity contribution is 5.39. The predicted molar refractivity (Wildman–Crippen MR) is 67.9 cm³/mol. The van der Waals surface area contributed by atoms with Crippen molar-refractivity contribution < 1.29 is 4.74 Å². The van der Waals surface area contributed by atoms with Gasteiger partial charge in [0.25, 0.3) is 0 Å². The fourth-order valence-electron chi connectivity index (χ4n) is 2.94. The fraction of sp³-hybridized carbons (Fsp3) is 0.600. The highest BCUT2D eigenvalue weighted by Gasteiger charge is 2.37. The van der Waals surface area contributed by atoms with E-state index >= 15 is 0 Å². The Kier molecular flexibility index (Phi) is 2.96. The van der Waals surface area contributed by atoms with Gasteiger partial charge in [-0.15, -0.1) is 0 Å². The van der Waals surface area contributed by atoms with E-state index < -0.39 is 0 Å². The number of fused-ring (bicyclic) bond motifs is 1. The van der Waals surface area contributed by atoms with Crippen LogP contribution in [-0.4, -0.2) is 6.61 Å². The molecule has 0 N–H and O–H groups in total. The second-order valence-electron chi connectivity index (χ2n) is 5.86. The van der Waals surface area contributed by atoms with E-state index in [9.17, 15) is 0 Å². The smallest absolute Gasteiger partial charge is 0.122 e. The lowest BCUT2D eigenvalue weighted by Crippen LogP contribution is -2.33. The molecule has 0 radical (unpaired) electrons. The maximum absolute atomic E-state index is 5.85. The van der Waals surface area contributed by atoms with Crippen LogP contribution in [0, 0.1) is 11.3 Å². The molecule has 0 bridgehead atoms. The van der Waals surface area contributed by atoms with Gasteiger partial charge in [0.1, 0.15) is 5.75 Å². The molecule has 1 aromatic rings. The van der Waals surface area contributed by atoms with Crippen LogP contribution in [-0.2, 0) is 0 Å². The summed E-state index contributed by atoms with van der Waals surface area (Å²) in [5.74, 6) is 2.35. The van der Waals surface area contributed by atoms with Gasteiger partial charge in [0.05, 0.1) is 6.61 Å². The van der Waals surface area contributed by atoms with Gasteiger partial charge in [-0.1, -0.05) is 45.9 Å². The highest BCUT2D eigenvalue weighted by Crippen LogP contribution is 2.47. The van der Waals surface area contributed by atoms with Crippen molar-refractivity contribution in [2.75, 3.05) is 6.61 Å². The molecule has 1 aliphatic rings. The third-order valence-corrected chi connectivity index (χ3v) is 3.64. The molecule has 0 fully saturated rings. The molecule has 1 aliphatic heterocycles. The second kappa shape index (κ2) is 4.12. The second-order valence-corrected chi connectivity index (χ2v) is 5.86. The van der Waals surface area contributed by atoms with E-state index in [0.717, 1.165) is 12.4 Å². The number of hydrogen-bond acceptors (Lipinski definition) is 1. The third kappa shape index (κ3) is 1.95. The monoisotopic (exact) mass is 218 g/mol. The molecule has 2 atom stereocenters. The molecule has 88 valence electrons. The minimum Gasteiger partial charge on any atom is -0.493 e. The zero-order valence-electron chi connectivity index (χ0n) is 10.8. The van der Waals surface area contributed by atoms with E-state index in [4.69, 9.17) is 4.74 Å². The standard InChI is InChI=1S/C15H22O/c1-5-11-10-16-13-9-7-6-8-12(13)14(11)15(2,3)4/h6-9,11,14H,5,10H2,1-4H3/t11-,14-/m1/s1. The largest absolute Gasteiger partial charge is 0.493 e. The SMILES string of the molecule is CC[C@@H]1COc2ccccc2[C@@H]1C(C)(C)C. The third-order valence-electron chi connectivity index (χ3n) is 3.64. The van der Waals surface area contributed by atoms with Crippen molar-refractivity contribution in [1.29, 1.82) is 0 Å². The van der Waals surface area contributed by atoms with Gasteiger partial charge in [0.15, 0.2) is 0 Å². The Morgan fingerprint density at radius 2 is 1.94 bits per heavy atom. The molecule has 0 amide bonds. The van der Waals surface area contributed by atoms with Crippen LogP contribution in [0.2, 0.25) is 0 Å². The minimum atomic E-state index is 0.306. The van der Waals surface area contributed by atoms with Crippen molar-refractivity contribution in [2.24, 2.45) is 11.3 Å². The molecule has 0 unspecified atom stereocenters. The van der Waals surface area contributed by atoms with Gasteiger partial charge in [-0.2, -0.15) is 0 Å². The van der Waals surface area contributed by atoms with Crippen LogP contribution in [0.1, 0.15) is 45.6 Å². The van der Waals surface area contributed by atoms with Crippen molar-refractivity contribution in [3.8, 4) is 5.75 Å². The molecular formula is C15H22O. The first-order valence-corrected chi connectivity index (χ1v) is 6.25. The van der Waals surface area contributed by atoms with Crippen molar-refractivity contribution >= 4 is 0 Å². The Morgan fingerprint density at radius 3 is 2.56 bits per heavy atom. The Balaban J connectivity index is 2.45. The van der Waals surface area contributed by atoms with Crippen molar-refractivity contribution in [3.05, 3.63) is 29.8 Å². The van der Waals surface area contributed by atoms with E-state index in [1.165, 1.54) is 12.0 Å². The molecule has 0 aromatic heterocycles. The van der Waals surface area contributed by atoms with Crippen LogP contribution >= 0.6 is 0 Å². The molecule has 16 heavy (non-hydrogen) atoms. The van der Waals surface area contributed by atoms with Crippen LogP contribution < -0.4 is 4.74 Å². The van der Waals surface area contributed by atoms with Gasteiger partial charge in [0.2, 0.25) is 0 Å². The lowest BCUT2D eigenvalue weighted by Gasteiger charge is -2.41. The number of para-hydroxylation sites is 1. The number of benzene rings is 1. The summed E-state index contributed by atoms with van der Waals surface area (Å²) in [5.41, 5.74) is 1.70. The predicted octanol–water partition coefficient (Wildman–Crippen LogP) is 4.23. The zero-order chi connectivity index (χ0) is 11.8. The minimum absolute atomic E-state index is 0.306. The molecule has 0 spiro atoms. The maximum Gasteiger partial charge on any atom is 0.122 e. The Hall–Kier alpha value is -0.980. The lowest BCUT2D eigenvalue weighted by molar-refractivity contribution is 0.128. The maximum atomic E-state index is 5.85. The van der Waals surface area contributed by atoms with Crippen LogP contribution in [0.15, 0.2) is 24.3 Å². The van der Waals surface area contributed by atoms with Gasteiger partial charge in [-0.25, -0.2) is 0 Å². The normalized spacial score (nSPS) is 24.8. The van der Waals surface area contributed by atoms with Gasteiger partial charge < -0.3 is 4.74 Å². The van der Waals surface area contributed by atoms with E-state index in [2.05, 4.69) is 52.0 Å². The first-order valence-electron chi connectivity index (χ1n) is 6.25. The summed E-state index contributed by atoms with van der Waals surface area (Å²) in [6, 6.07) is 8.51. The molecule has 0 aliphatic carbocycles. The summed E-state index contributed by atoms with van der Waals surface area (Å²) in [7, 11) is 0. The Morgan fingerprint density at radius 1 is 1.25 bits per heavy atom. The molecule has 0 saturated carbocycles. The van der Waals surface area contributed by atoms with Gasteiger partial charge >= 0.3 is 0 Å². The summed E-state index contributed by atoms with van der Waals surface area (Å²) in [6.45, 7) is 10.1. The van der Waals surface area contributed by atoms with Crippen molar-refractivity contribution in [2.45, 2.75) is 40.0 Å². The Labute approximate surface area is 98.8 Å². The van der Waals surface area contributed by atoms with Crippen LogP contribution in [0.3, 0.4) is 0 Å². The number of ether oxygens (including phenoxy) is 1. The van der Waals surface area contributed by atoms with Crippen LogP contribution in [0.5, 0.6) is 5.75 Å².